The number of aliphatic hydroxyl groups is 1. The third-order valence-corrected chi connectivity index (χ3v) is 4.85. The molecule has 7 heteroatoms. The van der Waals surface area contributed by atoms with Gasteiger partial charge in [0.1, 0.15) is 5.75 Å². The van der Waals surface area contributed by atoms with E-state index in [1.54, 1.807) is 25.7 Å². The fourth-order valence-corrected chi connectivity index (χ4v) is 3.44. The smallest absolute Gasteiger partial charge is 0.151 e. The van der Waals surface area contributed by atoms with E-state index in [1.165, 1.54) is 0 Å². The Morgan fingerprint density at radius 3 is 2.74 bits per heavy atom. The maximum Gasteiger partial charge on any atom is 0.151 e. The summed E-state index contributed by atoms with van der Waals surface area (Å²) in [4.78, 5) is 10.5. The van der Waals surface area contributed by atoms with Crippen molar-refractivity contribution < 1.29 is 9.84 Å². The molecule has 0 aliphatic carbocycles. The van der Waals surface area contributed by atoms with Crippen molar-refractivity contribution in [2.45, 2.75) is 12.5 Å². The summed E-state index contributed by atoms with van der Waals surface area (Å²) in [6.45, 7) is 1.24. The van der Waals surface area contributed by atoms with Gasteiger partial charge in [0.25, 0.3) is 0 Å². The van der Waals surface area contributed by atoms with Crippen molar-refractivity contribution in [2.24, 2.45) is 5.92 Å². The lowest BCUT2D eigenvalue weighted by atomic mass is 10.0. The number of anilines is 1. The highest BCUT2D eigenvalue weighted by Crippen LogP contribution is 2.29. The monoisotopic (exact) mass is 363 g/mol. The molecule has 1 saturated heterocycles. The summed E-state index contributed by atoms with van der Waals surface area (Å²) in [6.07, 6.45) is 5.34. The van der Waals surface area contributed by atoms with E-state index in [1.807, 2.05) is 36.4 Å². The fraction of sp³-hybridized carbons (Fsp3) is 0.300. The molecule has 138 valence electrons. The van der Waals surface area contributed by atoms with E-state index < -0.39 is 6.10 Å². The molecule has 1 fully saturated rings. The highest BCUT2D eigenvalue weighted by atomic mass is 16.5. The molecule has 1 aliphatic heterocycles. The zero-order valence-corrected chi connectivity index (χ0v) is 15.1. The molecular formula is C20H21N5O2. The second kappa shape index (κ2) is 7.67. The third kappa shape index (κ3) is 3.73. The van der Waals surface area contributed by atoms with Crippen molar-refractivity contribution in [2.75, 3.05) is 25.1 Å². The molecule has 0 radical (unpaired) electrons. The quantitative estimate of drug-likeness (QED) is 0.742. The number of hydrogen-bond acceptors (Lipinski definition) is 7. The molecule has 27 heavy (non-hydrogen) atoms. The summed E-state index contributed by atoms with van der Waals surface area (Å²) >= 11 is 0. The van der Waals surface area contributed by atoms with Gasteiger partial charge in [-0.3, -0.25) is 9.97 Å². The van der Waals surface area contributed by atoms with Gasteiger partial charge in [-0.2, -0.15) is 0 Å². The second-order valence-electron chi connectivity index (χ2n) is 6.61. The van der Waals surface area contributed by atoms with Crippen LogP contribution in [0.4, 0.5) is 5.82 Å². The van der Waals surface area contributed by atoms with Crippen LogP contribution in [0.25, 0.3) is 11.3 Å². The number of ether oxygens (including phenoxy) is 1. The number of β-amino-alcohol motifs (C(OH)–C–C–N with tert-alkyl or cyclic N) is 1. The largest absolute Gasteiger partial charge is 0.496 e. The third-order valence-electron chi connectivity index (χ3n) is 4.85. The lowest BCUT2D eigenvalue weighted by molar-refractivity contribution is 0.147. The Balaban J connectivity index is 1.48. The van der Waals surface area contributed by atoms with E-state index >= 15 is 0 Å². The van der Waals surface area contributed by atoms with Gasteiger partial charge in [-0.05, 0) is 30.7 Å². The summed E-state index contributed by atoms with van der Waals surface area (Å²) in [6, 6.07) is 11.6. The molecule has 0 bridgehead atoms. The first-order chi connectivity index (χ1) is 13.2. The minimum atomic E-state index is -0.428. The number of methoxy groups -OCH3 is 1. The summed E-state index contributed by atoms with van der Waals surface area (Å²) in [5.41, 5.74) is 2.55. The highest BCUT2D eigenvalue weighted by molar-refractivity contribution is 5.67. The molecule has 0 unspecified atom stereocenters. The van der Waals surface area contributed by atoms with Gasteiger partial charge in [0.05, 0.1) is 24.6 Å². The SMILES string of the molecule is COc1ccccc1-c1ccc(N2C[C@@H](Cc3cnccn3)[C@H](O)C2)nn1. The average Bonchev–Trinajstić information content (AvgIpc) is 3.09. The number of para-hydroxylation sites is 1. The number of rotatable bonds is 5. The van der Waals surface area contributed by atoms with Crippen LogP contribution in [0.15, 0.2) is 55.0 Å². The molecule has 7 nitrogen and oxygen atoms in total. The Labute approximate surface area is 157 Å². The van der Waals surface area contributed by atoms with Crippen LogP contribution in [0.1, 0.15) is 5.69 Å². The summed E-state index contributed by atoms with van der Waals surface area (Å²) in [7, 11) is 1.64. The van der Waals surface area contributed by atoms with Crippen LogP contribution < -0.4 is 9.64 Å². The maximum atomic E-state index is 10.4. The van der Waals surface area contributed by atoms with Crippen molar-refractivity contribution in [3.8, 4) is 17.0 Å². The number of nitrogens with zero attached hydrogens (tertiary/aromatic N) is 5. The number of benzene rings is 1. The predicted octanol–water partition coefficient (Wildman–Crippen LogP) is 1.98. The normalized spacial score (nSPS) is 19.3. The van der Waals surface area contributed by atoms with Gasteiger partial charge in [-0.1, -0.05) is 12.1 Å². The standard InChI is InChI=1S/C20H21N5O2/c1-27-19-5-3-2-4-16(19)17-6-7-20(24-23-17)25-12-14(18(26)13-25)10-15-11-21-8-9-22-15/h2-9,11,14,18,26H,10,12-13H2,1H3/t14-,18-/m1/s1. The van der Waals surface area contributed by atoms with Crippen LogP contribution in [0, 0.1) is 5.92 Å². The van der Waals surface area contributed by atoms with E-state index in [0.29, 0.717) is 19.5 Å². The van der Waals surface area contributed by atoms with Crippen LogP contribution in [0.3, 0.4) is 0 Å². The van der Waals surface area contributed by atoms with Crippen LogP contribution in [-0.2, 0) is 6.42 Å². The zero-order valence-electron chi connectivity index (χ0n) is 15.1. The number of aliphatic hydroxyl groups excluding tert-OH is 1. The van der Waals surface area contributed by atoms with Crippen LogP contribution >= 0.6 is 0 Å². The minimum absolute atomic E-state index is 0.0948. The first-order valence-corrected chi connectivity index (χ1v) is 8.89. The first-order valence-electron chi connectivity index (χ1n) is 8.89. The molecule has 0 spiro atoms. The highest BCUT2D eigenvalue weighted by Gasteiger charge is 2.32. The molecule has 1 N–H and O–H groups in total. The molecule has 3 heterocycles. The van der Waals surface area contributed by atoms with Gasteiger partial charge in [0, 0.05) is 43.2 Å². The Kier molecular flexibility index (Phi) is 4.93. The van der Waals surface area contributed by atoms with Gasteiger partial charge < -0.3 is 14.7 Å². The molecular weight excluding hydrogens is 342 g/mol. The summed E-state index contributed by atoms with van der Waals surface area (Å²) in [5, 5.41) is 19.2. The van der Waals surface area contributed by atoms with Crippen molar-refractivity contribution in [1.82, 2.24) is 20.2 Å². The van der Waals surface area contributed by atoms with Crippen molar-refractivity contribution in [3.05, 3.63) is 60.7 Å². The van der Waals surface area contributed by atoms with Crippen molar-refractivity contribution in [3.63, 3.8) is 0 Å². The topological polar surface area (TPSA) is 84.3 Å². The van der Waals surface area contributed by atoms with E-state index in [2.05, 4.69) is 25.1 Å². The van der Waals surface area contributed by atoms with Crippen molar-refractivity contribution in [1.29, 1.82) is 0 Å². The van der Waals surface area contributed by atoms with E-state index in [-0.39, 0.29) is 5.92 Å². The summed E-state index contributed by atoms with van der Waals surface area (Å²) in [5.74, 6) is 1.62. The summed E-state index contributed by atoms with van der Waals surface area (Å²) < 4.78 is 5.39. The van der Waals surface area contributed by atoms with Gasteiger partial charge in [-0.25, -0.2) is 0 Å². The van der Waals surface area contributed by atoms with Gasteiger partial charge in [0.15, 0.2) is 5.82 Å². The molecule has 0 amide bonds. The lowest BCUT2D eigenvalue weighted by Gasteiger charge is -2.16. The molecule has 2 atom stereocenters. The Bertz CT molecular complexity index is 888. The minimum Gasteiger partial charge on any atom is -0.496 e. The average molecular weight is 363 g/mol. The van der Waals surface area contributed by atoms with Gasteiger partial charge >= 0.3 is 0 Å². The fourth-order valence-electron chi connectivity index (χ4n) is 3.44. The lowest BCUT2D eigenvalue weighted by Crippen LogP contribution is -2.22. The molecule has 2 aromatic heterocycles. The molecule has 1 aliphatic rings. The van der Waals surface area contributed by atoms with Gasteiger partial charge in [-0.15, -0.1) is 10.2 Å². The number of aromatic nitrogens is 4. The molecule has 3 aromatic rings. The second-order valence-corrected chi connectivity index (χ2v) is 6.61. The Morgan fingerprint density at radius 1 is 1.11 bits per heavy atom. The van der Waals surface area contributed by atoms with Crippen molar-refractivity contribution >= 4 is 5.82 Å². The van der Waals surface area contributed by atoms with E-state index in [9.17, 15) is 5.11 Å². The molecule has 4 rings (SSSR count). The van der Waals surface area contributed by atoms with Crippen LogP contribution in [0.2, 0.25) is 0 Å². The van der Waals surface area contributed by atoms with Crippen LogP contribution in [-0.4, -0.2) is 51.6 Å². The maximum absolute atomic E-state index is 10.4. The molecule has 1 aromatic carbocycles. The van der Waals surface area contributed by atoms with E-state index in [4.69, 9.17) is 4.74 Å². The predicted molar refractivity (Wildman–Crippen MR) is 101 cm³/mol. The Morgan fingerprint density at radius 2 is 2.00 bits per heavy atom. The van der Waals surface area contributed by atoms with Crippen LogP contribution in [0.5, 0.6) is 5.75 Å². The van der Waals surface area contributed by atoms with E-state index in [0.717, 1.165) is 28.5 Å². The first kappa shape index (κ1) is 17.4. The van der Waals surface area contributed by atoms with Gasteiger partial charge in [0.2, 0.25) is 0 Å². The zero-order chi connectivity index (χ0) is 18.6. The Hall–Kier alpha value is -3.06. The number of hydrogen-bond donors (Lipinski definition) is 1. The molecule has 0 saturated carbocycles.